The van der Waals surface area contributed by atoms with E-state index < -0.39 is 0 Å². The molecule has 0 aliphatic carbocycles. The predicted octanol–water partition coefficient (Wildman–Crippen LogP) is 2.79. The van der Waals surface area contributed by atoms with Crippen LogP contribution in [0.4, 0.5) is 0 Å². The number of hydrogen-bond acceptors (Lipinski definition) is 1. The number of benzene rings is 1. The van der Waals surface area contributed by atoms with Crippen LogP contribution in [0.2, 0.25) is 0 Å². The molecule has 0 unspecified atom stereocenters. The molecular weight excluding hydrogens is 275 g/mol. The van der Waals surface area contributed by atoms with Crippen molar-refractivity contribution in [3.05, 3.63) is 45.8 Å². The lowest BCUT2D eigenvalue weighted by atomic mass is 10.3. The van der Waals surface area contributed by atoms with Gasteiger partial charge in [0.2, 0.25) is 0 Å². The molecule has 0 radical (unpaired) electrons. The van der Waals surface area contributed by atoms with Gasteiger partial charge in [0.1, 0.15) is 0 Å². The number of hydrogen-bond donors (Lipinski definition) is 0. The fourth-order valence-electron chi connectivity index (χ4n) is 1.15. The molecule has 0 aliphatic rings. The molecule has 3 heteroatoms. The van der Waals surface area contributed by atoms with Crippen LogP contribution < -0.4 is 0 Å². The van der Waals surface area contributed by atoms with Crippen molar-refractivity contribution in [2.24, 2.45) is 0 Å². The summed E-state index contributed by atoms with van der Waals surface area (Å²) in [6, 6.07) is 8.28. The zero-order valence-corrected chi connectivity index (χ0v) is 9.39. The second-order valence-electron chi connectivity index (χ2n) is 2.94. The first-order valence-corrected chi connectivity index (χ1v) is 5.11. The maximum Gasteiger partial charge on any atom is 0.0646 e. The molecule has 0 N–H and O–H groups in total. The Hall–Kier alpha value is -0.840. The Bertz CT molecular complexity index is 403. The van der Waals surface area contributed by atoms with Crippen LogP contribution >= 0.6 is 22.6 Å². The molecule has 0 saturated heterocycles. The van der Waals surface area contributed by atoms with Gasteiger partial charge in [-0.05, 0) is 59.3 Å². The SMILES string of the molecule is Cc1cnn(-c2ccc(I)cc2)c1. The van der Waals surface area contributed by atoms with E-state index in [2.05, 4.69) is 52.0 Å². The molecule has 2 aromatic rings. The number of nitrogens with zero attached hydrogens (tertiary/aromatic N) is 2. The second kappa shape index (κ2) is 3.49. The van der Waals surface area contributed by atoms with Crippen LogP contribution in [-0.4, -0.2) is 9.78 Å². The van der Waals surface area contributed by atoms with Gasteiger partial charge in [-0.15, -0.1) is 0 Å². The summed E-state index contributed by atoms with van der Waals surface area (Å²) in [7, 11) is 0. The third-order valence-electron chi connectivity index (χ3n) is 1.80. The fraction of sp³-hybridized carbons (Fsp3) is 0.100. The normalized spacial score (nSPS) is 10.3. The molecule has 0 amide bonds. The highest BCUT2D eigenvalue weighted by Gasteiger charge is 1.96. The van der Waals surface area contributed by atoms with Crippen LogP contribution in [-0.2, 0) is 0 Å². The molecule has 2 nitrogen and oxygen atoms in total. The Balaban J connectivity index is 2.41. The molecule has 2 rings (SSSR count). The van der Waals surface area contributed by atoms with Crippen molar-refractivity contribution in [1.82, 2.24) is 9.78 Å². The van der Waals surface area contributed by atoms with E-state index in [-0.39, 0.29) is 0 Å². The molecule has 0 aliphatic heterocycles. The van der Waals surface area contributed by atoms with Crippen molar-refractivity contribution in [2.45, 2.75) is 6.92 Å². The first kappa shape index (κ1) is 8.74. The minimum absolute atomic E-state index is 1.11. The predicted molar refractivity (Wildman–Crippen MR) is 61.0 cm³/mol. The van der Waals surface area contributed by atoms with Gasteiger partial charge in [0, 0.05) is 9.77 Å². The number of aromatic nitrogens is 2. The Labute approximate surface area is 90.7 Å². The van der Waals surface area contributed by atoms with E-state index in [0.29, 0.717) is 0 Å². The maximum absolute atomic E-state index is 4.23. The fourth-order valence-corrected chi connectivity index (χ4v) is 1.51. The van der Waals surface area contributed by atoms with E-state index in [0.717, 1.165) is 5.69 Å². The lowest BCUT2D eigenvalue weighted by Gasteiger charge is -1.99. The van der Waals surface area contributed by atoms with Gasteiger partial charge in [-0.2, -0.15) is 5.10 Å². The first-order valence-electron chi connectivity index (χ1n) is 4.03. The molecule has 1 aromatic heterocycles. The van der Waals surface area contributed by atoms with Gasteiger partial charge >= 0.3 is 0 Å². The average molecular weight is 284 g/mol. The molecule has 0 spiro atoms. The highest BCUT2D eigenvalue weighted by molar-refractivity contribution is 14.1. The van der Waals surface area contributed by atoms with Crippen molar-refractivity contribution in [3.8, 4) is 5.69 Å². The second-order valence-corrected chi connectivity index (χ2v) is 4.18. The quantitative estimate of drug-likeness (QED) is 0.736. The average Bonchev–Trinajstić information content (AvgIpc) is 2.53. The monoisotopic (exact) mass is 284 g/mol. The van der Waals surface area contributed by atoms with Crippen molar-refractivity contribution >= 4 is 22.6 Å². The van der Waals surface area contributed by atoms with Crippen molar-refractivity contribution in [2.75, 3.05) is 0 Å². The molecule has 1 aromatic carbocycles. The zero-order valence-electron chi connectivity index (χ0n) is 7.24. The van der Waals surface area contributed by atoms with Crippen LogP contribution in [0.3, 0.4) is 0 Å². The van der Waals surface area contributed by atoms with Crippen LogP contribution in [0.1, 0.15) is 5.56 Å². The van der Waals surface area contributed by atoms with Gasteiger partial charge in [0.15, 0.2) is 0 Å². The van der Waals surface area contributed by atoms with Gasteiger partial charge in [0.05, 0.1) is 11.9 Å². The Morgan fingerprint density at radius 3 is 2.46 bits per heavy atom. The van der Waals surface area contributed by atoms with E-state index in [9.17, 15) is 0 Å². The van der Waals surface area contributed by atoms with Crippen molar-refractivity contribution < 1.29 is 0 Å². The highest BCUT2D eigenvalue weighted by Crippen LogP contribution is 2.10. The van der Waals surface area contributed by atoms with Gasteiger partial charge in [-0.25, -0.2) is 4.68 Å². The van der Waals surface area contributed by atoms with E-state index in [1.54, 1.807) is 0 Å². The summed E-state index contributed by atoms with van der Waals surface area (Å²) in [6.07, 6.45) is 3.88. The molecular formula is C10H9IN2. The van der Waals surface area contributed by atoms with Crippen LogP contribution in [0.15, 0.2) is 36.7 Å². The summed E-state index contributed by atoms with van der Waals surface area (Å²) in [5, 5.41) is 4.23. The van der Waals surface area contributed by atoms with Crippen molar-refractivity contribution in [1.29, 1.82) is 0 Å². The van der Waals surface area contributed by atoms with Crippen LogP contribution in [0.5, 0.6) is 0 Å². The topological polar surface area (TPSA) is 17.8 Å². The minimum Gasteiger partial charge on any atom is -0.241 e. The third kappa shape index (κ3) is 1.91. The molecule has 13 heavy (non-hydrogen) atoms. The lowest BCUT2D eigenvalue weighted by molar-refractivity contribution is 0.880. The van der Waals surface area contributed by atoms with Gasteiger partial charge < -0.3 is 0 Å². The van der Waals surface area contributed by atoms with E-state index >= 15 is 0 Å². The molecule has 66 valence electrons. The molecule has 0 saturated carbocycles. The Morgan fingerprint density at radius 2 is 1.92 bits per heavy atom. The molecule has 0 bridgehead atoms. The third-order valence-corrected chi connectivity index (χ3v) is 2.52. The summed E-state index contributed by atoms with van der Waals surface area (Å²) in [5.74, 6) is 0. The smallest absolute Gasteiger partial charge is 0.0646 e. The molecule has 0 atom stereocenters. The van der Waals surface area contributed by atoms with Gasteiger partial charge in [0.25, 0.3) is 0 Å². The Morgan fingerprint density at radius 1 is 1.23 bits per heavy atom. The van der Waals surface area contributed by atoms with Gasteiger partial charge in [-0.1, -0.05) is 0 Å². The standard InChI is InChI=1S/C10H9IN2/c1-8-6-12-13(7-8)10-4-2-9(11)3-5-10/h2-7H,1H3. The van der Waals surface area contributed by atoms with E-state index in [1.807, 2.05) is 24.0 Å². The summed E-state index contributed by atoms with van der Waals surface area (Å²) in [4.78, 5) is 0. The van der Waals surface area contributed by atoms with Crippen LogP contribution in [0, 0.1) is 10.5 Å². The van der Waals surface area contributed by atoms with Gasteiger partial charge in [-0.3, -0.25) is 0 Å². The summed E-state index contributed by atoms with van der Waals surface area (Å²) in [6.45, 7) is 2.04. The summed E-state index contributed by atoms with van der Waals surface area (Å²) < 4.78 is 3.12. The van der Waals surface area contributed by atoms with Crippen LogP contribution in [0.25, 0.3) is 5.69 Å². The van der Waals surface area contributed by atoms with E-state index in [1.165, 1.54) is 9.13 Å². The maximum atomic E-state index is 4.23. The minimum atomic E-state index is 1.11. The molecule has 0 fully saturated rings. The number of aryl methyl sites for hydroxylation is 1. The highest BCUT2D eigenvalue weighted by atomic mass is 127. The number of rotatable bonds is 1. The first-order chi connectivity index (χ1) is 6.25. The zero-order chi connectivity index (χ0) is 9.26. The number of halogens is 1. The lowest BCUT2D eigenvalue weighted by Crippen LogP contribution is -1.93. The summed E-state index contributed by atoms with van der Waals surface area (Å²) in [5.41, 5.74) is 2.28. The largest absolute Gasteiger partial charge is 0.241 e. The Kier molecular flexibility index (Phi) is 2.35. The molecule has 1 heterocycles. The summed E-state index contributed by atoms with van der Waals surface area (Å²) >= 11 is 2.29. The van der Waals surface area contributed by atoms with Crippen molar-refractivity contribution in [3.63, 3.8) is 0 Å². The van der Waals surface area contributed by atoms with E-state index in [4.69, 9.17) is 0 Å².